The SMILES string of the molecule is c1ccc2c(c1)CCC[C@H]2Cc1cnc[nH]1. The number of nitrogens with zero attached hydrogens (tertiary/aromatic N) is 1. The number of aryl methyl sites for hydroxylation is 1. The number of hydrogen-bond acceptors (Lipinski definition) is 1. The highest BCUT2D eigenvalue weighted by Gasteiger charge is 2.20. The molecule has 0 bridgehead atoms. The molecule has 1 aromatic carbocycles. The topological polar surface area (TPSA) is 28.7 Å². The highest BCUT2D eigenvalue weighted by Crippen LogP contribution is 2.33. The maximum absolute atomic E-state index is 4.09. The van der Waals surface area contributed by atoms with Crippen molar-refractivity contribution in [1.29, 1.82) is 0 Å². The van der Waals surface area contributed by atoms with Crippen LogP contribution >= 0.6 is 0 Å². The monoisotopic (exact) mass is 212 g/mol. The molecule has 0 saturated heterocycles. The molecule has 0 amide bonds. The lowest BCUT2D eigenvalue weighted by Gasteiger charge is -2.24. The molecule has 1 aliphatic carbocycles. The van der Waals surface area contributed by atoms with Crippen LogP contribution in [-0.4, -0.2) is 9.97 Å². The van der Waals surface area contributed by atoms with Crippen LogP contribution in [0.3, 0.4) is 0 Å². The molecule has 0 radical (unpaired) electrons. The summed E-state index contributed by atoms with van der Waals surface area (Å²) >= 11 is 0. The summed E-state index contributed by atoms with van der Waals surface area (Å²) in [6.45, 7) is 0. The number of benzene rings is 1. The Bertz CT molecular complexity index is 459. The van der Waals surface area contributed by atoms with E-state index >= 15 is 0 Å². The van der Waals surface area contributed by atoms with E-state index < -0.39 is 0 Å². The molecule has 1 aliphatic rings. The summed E-state index contributed by atoms with van der Waals surface area (Å²) in [4.78, 5) is 7.29. The van der Waals surface area contributed by atoms with E-state index in [9.17, 15) is 0 Å². The third-order valence-electron chi connectivity index (χ3n) is 3.51. The second-order valence-electron chi connectivity index (χ2n) is 4.57. The van der Waals surface area contributed by atoms with E-state index in [2.05, 4.69) is 34.2 Å². The fourth-order valence-corrected chi connectivity index (χ4v) is 2.73. The van der Waals surface area contributed by atoms with Gasteiger partial charge in [0.25, 0.3) is 0 Å². The zero-order chi connectivity index (χ0) is 10.8. The molecule has 1 N–H and O–H groups in total. The van der Waals surface area contributed by atoms with Crippen molar-refractivity contribution in [2.45, 2.75) is 31.6 Å². The Morgan fingerprint density at radius 2 is 2.25 bits per heavy atom. The Balaban J connectivity index is 1.87. The van der Waals surface area contributed by atoms with Crippen LogP contribution in [-0.2, 0) is 12.8 Å². The molecule has 1 heterocycles. The van der Waals surface area contributed by atoms with E-state index in [1.807, 2.05) is 6.20 Å². The number of aromatic amines is 1. The number of H-pyrrole nitrogens is 1. The van der Waals surface area contributed by atoms with Crippen LogP contribution in [0.5, 0.6) is 0 Å². The highest BCUT2D eigenvalue weighted by atomic mass is 14.9. The van der Waals surface area contributed by atoms with Crippen molar-refractivity contribution in [3.8, 4) is 0 Å². The van der Waals surface area contributed by atoms with Gasteiger partial charge in [0.15, 0.2) is 0 Å². The fourth-order valence-electron chi connectivity index (χ4n) is 2.73. The Hall–Kier alpha value is -1.57. The van der Waals surface area contributed by atoms with Gasteiger partial charge in [-0.15, -0.1) is 0 Å². The molecule has 0 unspecified atom stereocenters. The average molecular weight is 212 g/mol. The van der Waals surface area contributed by atoms with Crippen molar-refractivity contribution < 1.29 is 0 Å². The van der Waals surface area contributed by atoms with Gasteiger partial charge >= 0.3 is 0 Å². The molecule has 0 fully saturated rings. The summed E-state index contributed by atoms with van der Waals surface area (Å²) in [5.74, 6) is 0.672. The first-order chi connectivity index (χ1) is 7.93. The van der Waals surface area contributed by atoms with E-state index in [0.717, 1.165) is 6.42 Å². The van der Waals surface area contributed by atoms with Crippen LogP contribution in [0.2, 0.25) is 0 Å². The van der Waals surface area contributed by atoms with Gasteiger partial charge in [0.05, 0.1) is 6.33 Å². The first-order valence-electron chi connectivity index (χ1n) is 5.98. The molecule has 3 rings (SSSR count). The van der Waals surface area contributed by atoms with Gasteiger partial charge in [0.1, 0.15) is 0 Å². The van der Waals surface area contributed by atoms with Crippen LogP contribution in [0, 0.1) is 0 Å². The average Bonchev–Trinajstić information content (AvgIpc) is 2.82. The lowest BCUT2D eigenvalue weighted by atomic mass is 9.80. The number of imidazole rings is 1. The largest absolute Gasteiger partial charge is 0.348 e. The van der Waals surface area contributed by atoms with Crippen molar-refractivity contribution in [1.82, 2.24) is 9.97 Å². The van der Waals surface area contributed by atoms with Gasteiger partial charge in [-0.1, -0.05) is 24.3 Å². The molecule has 82 valence electrons. The normalized spacial score (nSPS) is 19.4. The first kappa shape index (κ1) is 9.64. The molecule has 0 aliphatic heterocycles. The number of hydrogen-bond donors (Lipinski definition) is 1. The van der Waals surface area contributed by atoms with E-state index in [0.29, 0.717) is 5.92 Å². The van der Waals surface area contributed by atoms with Crippen LogP contribution in [0.4, 0.5) is 0 Å². The lowest BCUT2D eigenvalue weighted by Crippen LogP contribution is -2.12. The molecule has 2 heteroatoms. The summed E-state index contributed by atoms with van der Waals surface area (Å²) in [5.41, 5.74) is 4.34. The van der Waals surface area contributed by atoms with Gasteiger partial charge in [-0.3, -0.25) is 0 Å². The minimum atomic E-state index is 0.672. The third kappa shape index (κ3) is 1.75. The van der Waals surface area contributed by atoms with E-state index in [1.54, 1.807) is 17.5 Å². The summed E-state index contributed by atoms with van der Waals surface area (Å²) in [5, 5.41) is 0. The second-order valence-corrected chi connectivity index (χ2v) is 4.57. The Labute approximate surface area is 95.7 Å². The van der Waals surface area contributed by atoms with Crippen molar-refractivity contribution in [2.75, 3.05) is 0 Å². The van der Waals surface area contributed by atoms with Crippen LogP contribution in [0.1, 0.15) is 35.6 Å². The van der Waals surface area contributed by atoms with Crippen molar-refractivity contribution >= 4 is 0 Å². The smallest absolute Gasteiger partial charge is 0.0921 e. The number of rotatable bonds is 2. The third-order valence-corrected chi connectivity index (χ3v) is 3.51. The molecule has 16 heavy (non-hydrogen) atoms. The van der Waals surface area contributed by atoms with Crippen LogP contribution < -0.4 is 0 Å². The molecule has 0 saturated carbocycles. The van der Waals surface area contributed by atoms with Gasteiger partial charge < -0.3 is 4.98 Å². The highest BCUT2D eigenvalue weighted by molar-refractivity contribution is 5.33. The van der Waals surface area contributed by atoms with E-state index in [4.69, 9.17) is 0 Å². The summed E-state index contributed by atoms with van der Waals surface area (Å²) in [6.07, 6.45) is 8.67. The van der Waals surface area contributed by atoms with Crippen molar-refractivity contribution in [3.05, 3.63) is 53.6 Å². The molecule has 2 aromatic rings. The quantitative estimate of drug-likeness (QED) is 0.814. The minimum absolute atomic E-state index is 0.672. The maximum Gasteiger partial charge on any atom is 0.0921 e. The van der Waals surface area contributed by atoms with Gasteiger partial charge in [0.2, 0.25) is 0 Å². The standard InChI is InChI=1S/C14H16N2/c1-2-7-14-11(4-1)5-3-6-12(14)8-13-9-15-10-16-13/h1-2,4,7,9-10,12H,3,5-6,8H2,(H,15,16)/t12-/m0/s1. The maximum atomic E-state index is 4.09. The molecular formula is C14H16N2. The first-order valence-corrected chi connectivity index (χ1v) is 5.98. The molecular weight excluding hydrogens is 196 g/mol. The van der Waals surface area contributed by atoms with Crippen LogP contribution in [0.25, 0.3) is 0 Å². The van der Waals surface area contributed by atoms with Crippen molar-refractivity contribution in [2.24, 2.45) is 0 Å². The van der Waals surface area contributed by atoms with Gasteiger partial charge in [0, 0.05) is 11.9 Å². The summed E-state index contributed by atoms with van der Waals surface area (Å²) in [7, 11) is 0. The number of fused-ring (bicyclic) bond motifs is 1. The molecule has 0 spiro atoms. The zero-order valence-electron chi connectivity index (χ0n) is 9.32. The molecule has 1 atom stereocenters. The Kier molecular flexibility index (Phi) is 2.49. The summed E-state index contributed by atoms with van der Waals surface area (Å²) < 4.78 is 0. The number of aromatic nitrogens is 2. The molecule has 2 nitrogen and oxygen atoms in total. The van der Waals surface area contributed by atoms with E-state index in [-0.39, 0.29) is 0 Å². The Morgan fingerprint density at radius 1 is 1.31 bits per heavy atom. The second kappa shape index (κ2) is 4.12. The predicted octanol–water partition coefficient (Wildman–Crippen LogP) is 3.07. The van der Waals surface area contributed by atoms with Crippen molar-refractivity contribution in [3.63, 3.8) is 0 Å². The van der Waals surface area contributed by atoms with Gasteiger partial charge in [-0.25, -0.2) is 4.98 Å². The van der Waals surface area contributed by atoms with Gasteiger partial charge in [-0.05, 0) is 42.7 Å². The predicted molar refractivity (Wildman–Crippen MR) is 64.4 cm³/mol. The lowest BCUT2D eigenvalue weighted by molar-refractivity contribution is 0.546. The Morgan fingerprint density at radius 3 is 3.12 bits per heavy atom. The van der Waals surface area contributed by atoms with Crippen LogP contribution in [0.15, 0.2) is 36.8 Å². The van der Waals surface area contributed by atoms with Gasteiger partial charge in [-0.2, -0.15) is 0 Å². The summed E-state index contributed by atoms with van der Waals surface area (Å²) in [6, 6.07) is 8.87. The number of nitrogens with one attached hydrogen (secondary N) is 1. The zero-order valence-corrected chi connectivity index (χ0v) is 9.32. The molecule has 1 aromatic heterocycles. The minimum Gasteiger partial charge on any atom is -0.348 e. The fraction of sp³-hybridized carbons (Fsp3) is 0.357. The van der Waals surface area contributed by atoms with E-state index in [1.165, 1.54) is 25.0 Å².